The molecule has 0 unspecified atom stereocenters. The molecule has 15 heavy (non-hydrogen) atoms. The molecule has 1 aromatic carbocycles. The van der Waals surface area contributed by atoms with Gasteiger partial charge in [0.25, 0.3) is 0 Å². The number of carbonyl (C=O) groups excluding carboxylic acids is 1. The van der Waals surface area contributed by atoms with Crippen LogP contribution in [0.5, 0.6) is 0 Å². The minimum atomic E-state index is -0.474. The van der Waals surface area contributed by atoms with E-state index in [1.54, 1.807) is 19.9 Å². The van der Waals surface area contributed by atoms with Gasteiger partial charge in [-0.2, -0.15) is 0 Å². The van der Waals surface area contributed by atoms with Gasteiger partial charge in [-0.3, -0.25) is 4.79 Å². The quantitative estimate of drug-likeness (QED) is 0.747. The second kappa shape index (κ2) is 5.12. The van der Waals surface area contributed by atoms with E-state index in [0.29, 0.717) is 17.7 Å². The van der Waals surface area contributed by atoms with Gasteiger partial charge < -0.3 is 4.74 Å². The maximum atomic E-state index is 13.3. The van der Waals surface area contributed by atoms with Gasteiger partial charge in [-0.1, -0.05) is 17.7 Å². The number of ether oxygens (including phenoxy) is 1. The van der Waals surface area contributed by atoms with Gasteiger partial charge in [0, 0.05) is 0 Å². The van der Waals surface area contributed by atoms with E-state index in [0.717, 1.165) is 0 Å². The molecule has 4 heteroatoms. The predicted octanol–water partition coefficient (Wildman–Crippen LogP) is 2.89. The van der Waals surface area contributed by atoms with Crippen molar-refractivity contribution in [3.63, 3.8) is 0 Å². The minimum absolute atomic E-state index is 0.0695. The third-order valence-electron chi connectivity index (χ3n) is 2.09. The van der Waals surface area contributed by atoms with E-state index in [9.17, 15) is 9.18 Å². The summed E-state index contributed by atoms with van der Waals surface area (Å²) in [5.41, 5.74) is 1.01. The first-order valence-electron chi connectivity index (χ1n) is 4.65. The Balaban J connectivity index is 2.87. The first-order valence-corrected chi connectivity index (χ1v) is 5.03. The van der Waals surface area contributed by atoms with E-state index in [1.807, 2.05) is 0 Å². The monoisotopic (exact) mass is 230 g/mol. The average Bonchev–Trinajstić information content (AvgIpc) is 2.20. The molecular weight excluding hydrogens is 219 g/mol. The van der Waals surface area contributed by atoms with Crippen LogP contribution in [-0.2, 0) is 16.0 Å². The van der Waals surface area contributed by atoms with Crippen molar-refractivity contribution in [3.05, 3.63) is 34.1 Å². The molecule has 0 radical (unpaired) electrons. The summed E-state index contributed by atoms with van der Waals surface area (Å²) in [6.45, 7) is 3.65. The Bertz CT molecular complexity index is 377. The van der Waals surface area contributed by atoms with Crippen LogP contribution in [0.25, 0.3) is 0 Å². The molecule has 0 aliphatic rings. The molecule has 0 saturated carbocycles. The highest BCUT2D eigenvalue weighted by Crippen LogP contribution is 2.21. The summed E-state index contributed by atoms with van der Waals surface area (Å²) in [6, 6.07) is 3.08. The number of rotatable bonds is 3. The van der Waals surface area contributed by atoms with Crippen LogP contribution in [-0.4, -0.2) is 12.6 Å². The highest BCUT2D eigenvalue weighted by Gasteiger charge is 2.11. The Hall–Kier alpha value is -1.09. The Morgan fingerprint density at radius 3 is 2.80 bits per heavy atom. The van der Waals surface area contributed by atoms with E-state index in [2.05, 4.69) is 0 Å². The highest BCUT2D eigenvalue weighted by atomic mass is 35.5. The maximum Gasteiger partial charge on any atom is 0.310 e. The fourth-order valence-electron chi connectivity index (χ4n) is 1.25. The fourth-order valence-corrected chi connectivity index (χ4v) is 1.46. The number of halogens is 2. The van der Waals surface area contributed by atoms with E-state index < -0.39 is 5.82 Å². The van der Waals surface area contributed by atoms with Crippen molar-refractivity contribution in [2.24, 2.45) is 0 Å². The Morgan fingerprint density at radius 1 is 1.53 bits per heavy atom. The summed E-state index contributed by atoms with van der Waals surface area (Å²) >= 11 is 5.59. The second-order valence-electron chi connectivity index (χ2n) is 3.13. The molecule has 0 bridgehead atoms. The topological polar surface area (TPSA) is 26.3 Å². The molecule has 2 nitrogen and oxygen atoms in total. The smallest absolute Gasteiger partial charge is 0.310 e. The van der Waals surface area contributed by atoms with Crippen LogP contribution in [0.1, 0.15) is 18.1 Å². The van der Waals surface area contributed by atoms with Crippen molar-refractivity contribution in [1.82, 2.24) is 0 Å². The van der Waals surface area contributed by atoms with E-state index >= 15 is 0 Å². The summed E-state index contributed by atoms with van der Waals surface area (Å²) in [6.07, 6.45) is 0.0771. The van der Waals surface area contributed by atoms with Crippen LogP contribution < -0.4 is 0 Å². The van der Waals surface area contributed by atoms with Gasteiger partial charge in [-0.25, -0.2) is 4.39 Å². The van der Waals surface area contributed by atoms with Gasteiger partial charge in [-0.05, 0) is 31.0 Å². The molecule has 0 N–H and O–H groups in total. The SMILES string of the molecule is CCOC(=O)Cc1ccc(Cl)c(F)c1C. The van der Waals surface area contributed by atoms with Crippen molar-refractivity contribution in [2.75, 3.05) is 6.61 Å². The first kappa shape index (κ1) is 12.0. The van der Waals surface area contributed by atoms with E-state index in [-0.39, 0.29) is 17.4 Å². The number of esters is 1. The molecule has 0 aromatic heterocycles. The summed E-state index contributed by atoms with van der Waals surface area (Å²) in [5, 5.41) is 0.0695. The number of carbonyl (C=O) groups is 1. The normalized spacial score (nSPS) is 10.1. The average molecular weight is 231 g/mol. The Kier molecular flexibility index (Phi) is 4.09. The van der Waals surface area contributed by atoms with Gasteiger partial charge in [-0.15, -0.1) is 0 Å². The van der Waals surface area contributed by atoms with Crippen LogP contribution in [0.4, 0.5) is 4.39 Å². The lowest BCUT2D eigenvalue weighted by Crippen LogP contribution is -2.09. The summed E-state index contributed by atoms with van der Waals surface area (Å²) in [4.78, 5) is 11.2. The van der Waals surface area contributed by atoms with Crippen molar-refractivity contribution in [1.29, 1.82) is 0 Å². The van der Waals surface area contributed by atoms with E-state index in [1.165, 1.54) is 6.07 Å². The highest BCUT2D eigenvalue weighted by molar-refractivity contribution is 6.30. The molecule has 82 valence electrons. The lowest BCUT2D eigenvalue weighted by Gasteiger charge is -2.07. The summed E-state index contributed by atoms with van der Waals surface area (Å²) < 4.78 is 18.1. The standard InChI is InChI=1S/C11H12ClFO2/c1-3-15-10(14)6-8-4-5-9(12)11(13)7(8)2/h4-5H,3,6H2,1-2H3. The number of benzene rings is 1. The zero-order valence-electron chi connectivity index (χ0n) is 8.64. The summed E-state index contributed by atoms with van der Waals surface area (Å²) in [5.74, 6) is -0.833. The van der Waals surface area contributed by atoms with Crippen molar-refractivity contribution in [3.8, 4) is 0 Å². The molecular formula is C11H12ClFO2. The molecule has 0 aliphatic heterocycles. The van der Waals surface area contributed by atoms with Crippen LogP contribution in [0.15, 0.2) is 12.1 Å². The van der Waals surface area contributed by atoms with Crippen LogP contribution in [0, 0.1) is 12.7 Å². The van der Waals surface area contributed by atoms with Crippen molar-refractivity contribution < 1.29 is 13.9 Å². The van der Waals surface area contributed by atoms with Crippen molar-refractivity contribution >= 4 is 17.6 Å². The van der Waals surface area contributed by atoms with Crippen LogP contribution >= 0.6 is 11.6 Å². The molecule has 0 fully saturated rings. The van der Waals surface area contributed by atoms with Crippen LogP contribution in [0.3, 0.4) is 0 Å². The Labute approximate surface area is 93.0 Å². The predicted molar refractivity (Wildman–Crippen MR) is 56.5 cm³/mol. The lowest BCUT2D eigenvalue weighted by atomic mass is 10.1. The minimum Gasteiger partial charge on any atom is -0.466 e. The first-order chi connectivity index (χ1) is 7.06. The largest absolute Gasteiger partial charge is 0.466 e. The number of hydrogen-bond acceptors (Lipinski definition) is 2. The number of hydrogen-bond donors (Lipinski definition) is 0. The molecule has 0 spiro atoms. The fraction of sp³-hybridized carbons (Fsp3) is 0.364. The van der Waals surface area contributed by atoms with Gasteiger partial charge in [0.05, 0.1) is 18.1 Å². The molecule has 1 rings (SSSR count). The molecule has 0 amide bonds. The van der Waals surface area contributed by atoms with Crippen LogP contribution in [0.2, 0.25) is 5.02 Å². The molecule has 0 heterocycles. The molecule has 1 aromatic rings. The maximum absolute atomic E-state index is 13.3. The van der Waals surface area contributed by atoms with Gasteiger partial charge >= 0.3 is 5.97 Å². The summed E-state index contributed by atoms with van der Waals surface area (Å²) in [7, 11) is 0. The zero-order valence-corrected chi connectivity index (χ0v) is 9.40. The lowest BCUT2D eigenvalue weighted by molar-refractivity contribution is -0.142. The molecule has 0 saturated heterocycles. The van der Waals surface area contributed by atoms with Crippen molar-refractivity contribution in [2.45, 2.75) is 20.3 Å². The third kappa shape index (κ3) is 2.93. The Morgan fingerprint density at radius 2 is 2.20 bits per heavy atom. The van der Waals surface area contributed by atoms with Gasteiger partial charge in [0.2, 0.25) is 0 Å². The van der Waals surface area contributed by atoms with Gasteiger partial charge in [0.15, 0.2) is 0 Å². The molecule has 0 atom stereocenters. The van der Waals surface area contributed by atoms with Gasteiger partial charge in [0.1, 0.15) is 5.82 Å². The third-order valence-corrected chi connectivity index (χ3v) is 2.38. The zero-order chi connectivity index (χ0) is 11.4. The molecule has 0 aliphatic carbocycles. The second-order valence-corrected chi connectivity index (χ2v) is 3.53. The van der Waals surface area contributed by atoms with E-state index in [4.69, 9.17) is 16.3 Å².